The molecule has 0 radical (unpaired) electrons. The zero-order chi connectivity index (χ0) is 10.3. The van der Waals surface area contributed by atoms with E-state index >= 15 is 0 Å². The molecule has 1 aromatic carbocycles. The maximum absolute atomic E-state index is 3.96. The van der Waals surface area contributed by atoms with E-state index in [0.717, 1.165) is 10.1 Å². The summed E-state index contributed by atoms with van der Waals surface area (Å²) in [6.07, 6.45) is 4.26. The van der Waals surface area contributed by atoms with Gasteiger partial charge in [0.15, 0.2) is 4.34 Å². The van der Waals surface area contributed by atoms with Crippen molar-refractivity contribution < 1.29 is 0 Å². The first-order chi connectivity index (χ1) is 7.45. The van der Waals surface area contributed by atoms with Gasteiger partial charge < -0.3 is 0 Å². The zero-order valence-electron chi connectivity index (χ0n) is 8.04. The summed E-state index contributed by atoms with van der Waals surface area (Å²) >= 11 is 3.28. The fourth-order valence-corrected chi connectivity index (χ4v) is 2.42. The van der Waals surface area contributed by atoms with E-state index < -0.39 is 0 Å². The minimum Gasteiger partial charge on any atom is -0.146 e. The summed E-state index contributed by atoms with van der Waals surface area (Å²) < 4.78 is 1.02. The van der Waals surface area contributed by atoms with Gasteiger partial charge in [-0.05, 0) is 5.56 Å². The van der Waals surface area contributed by atoms with Gasteiger partial charge in [0.1, 0.15) is 5.51 Å². The smallest absolute Gasteiger partial charge is 0.146 e. The Labute approximate surface area is 97.1 Å². The molecule has 0 bridgehead atoms. The molecule has 0 amide bonds. The molecule has 1 heterocycles. The normalized spacial score (nSPS) is 10.9. The molecule has 1 aromatic heterocycles. The number of hydrogen-bond donors (Lipinski definition) is 0. The SMILES string of the molecule is C(=Cc1ccccc1)CSc1nncs1. The van der Waals surface area contributed by atoms with Gasteiger partial charge in [0, 0.05) is 5.75 Å². The summed E-state index contributed by atoms with van der Waals surface area (Å²) in [6, 6.07) is 10.3. The van der Waals surface area contributed by atoms with Crippen LogP contribution in [0, 0.1) is 0 Å². The van der Waals surface area contributed by atoms with Crippen LogP contribution in [0.1, 0.15) is 5.56 Å². The van der Waals surface area contributed by atoms with E-state index in [-0.39, 0.29) is 0 Å². The summed E-state index contributed by atoms with van der Waals surface area (Å²) in [6.45, 7) is 0. The minimum atomic E-state index is 0.935. The van der Waals surface area contributed by atoms with E-state index in [1.165, 1.54) is 5.56 Å². The van der Waals surface area contributed by atoms with Crippen LogP contribution in [0.2, 0.25) is 0 Å². The lowest BCUT2D eigenvalue weighted by Crippen LogP contribution is -1.74. The van der Waals surface area contributed by atoms with Crippen LogP contribution in [-0.2, 0) is 0 Å². The van der Waals surface area contributed by atoms with Crippen LogP contribution >= 0.6 is 23.1 Å². The number of benzene rings is 1. The van der Waals surface area contributed by atoms with Crippen molar-refractivity contribution in [3.05, 3.63) is 47.5 Å². The second kappa shape index (κ2) is 5.68. The number of aromatic nitrogens is 2. The summed E-state index contributed by atoms with van der Waals surface area (Å²) in [5.41, 5.74) is 2.99. The van der Waals surface area contributed by atoms with Crippen LogP contribution in [0.5, 0.6) is 0 Å². The van der Waals surface area contributed by atoms with E-state index in [4.69, 9.17) is 0 Å². The summed E-state index contributed by atoms with van der Waals surface area (Å²) in [7, 11) is 0. The Kier molecular flexibility index (Phi) is 3.93. The van der Waals surface area contributed by atoms with Gasteiger partial charge in [-0.2, -0.15) is 0 Å². The Balaban J connectivity index is 1.81. The molecule has 2 rings (SSSR count). The highest BCUT2D eigenvalue weighted by atomic mass is 32.2. The zero-order valence-corrected chi connectivity index (χ0v) is 9.67. The van der Waals surface area contributed by atoms with Crippen LogP contribution in [0.15, 0.2) is 46.3 Å². The van der Waals surface area contributed by atoms with Crippen molar-refractivity contribution in [3.8, 4) is 0 Å². The molecule has 0 fully saturated rings. The predicted octanol–water partition coefficient (Wildman–Crippen LogP) is 3.34. The second-order valence-corrected chi connectivity index (χ2v) is 4.93. The van der Waals surface area contributed by atoms with Gasteiger partial charge >= 0.3 is 0 Å². The fourth-order valence-electron chi connectivity index (χ4n) is 1.09. The largest absolute Gasteiger partial charge is 0.174 e. The Morgan fingerprint density at radius 3 is 2.87 bits per heavy atom. The maximum Gasteiger partial charge on any atom is 0.174 e. The molecule has 0 aliphatic rings. The first kappa shape index (κ1) is 10.4. The van der Waals surface area contributed by atoms with Crippen molar-refractivity contribution >= 4 is 29.2 Å². The maximum atomic E-state index is 3.96. The third-order valence-electron chi connectivity index (χ3n) is 1.75. The quantitative estimate of drug-likeness (QED) is 0.759. The second-order valence-electron chi connectivity index (χ2n) is 2.83. The number of rotatable bonds is 4. The van der Waals surface area contributed by atoms with Crippen LogP contribution in [0.4, 0.5) is 0 Å². The Morgan fingerprint density at radius 2 is 2.13 bits per heavy atom. The summed E-state index contributed by atoms with van der Waals surface area (Å²) in [5.74, 6) is 0.935. The molecule has 76 valence electrons. The van der Waals surface area contributed by atoms with E-state index in [0.29, 0.717) is 0 Å². The molecule has 0 saturated heterocycles. The molecule has 0 atom stereocenters. The highest BCUT2D eigenvalue weighted by molar-refractivity contribution is 8.01. The lowest BCUT2D eigenvalue weighted by molar-refractivity contribution is 1.01. The number of thioether (sulfide) groups is 1. The minimum absolute atomic E-state index is 0.935. The van der Waals surface area contributed by atoms with E-state index in [1.807, 2.05) is 18.2 Å². The van der Waals surface area contributed by atoms with Gasteiger partial charge in [-0.25, -0.2) is 0 Å². The molecule has 0 N–H and O–H groups in total. The summed E-state index contributed by atoms with van der Waals surface area (Å²) in [5, 5.41) is 7.74. The van der Waals surface area contributed by atoms with Crippen molar-refractivity contribution in [2.75, 3.05) is 5.75 Å². The molecule has 2 nitrogen and oxygen atoms in total. The van der Waals surface area contributed by atoms with E-state index in [9.17, 15) is 0 Å². The van der Waals surface area contributed by atoms with Crippen LogP contribution in [0.25, 0.3) is 6.08 Å². The van der Waals surface area contributed by atoms with Gasteiger partial charge in [-0.15, -0.1) is 10.2 Å². The van der Waals surface area contributed by atoms with Crippen LogP contribution in [-0.4, -0.2) is 16.0 Å². The number of hydrogen-bond acceptors (Lipinski definition) is 4. The first-order valence-corrected chi connectivity index (χ1v) is 6.42. The first-order valence-electron chi connectivity index (χ1n) is 4.56. The molecule has 0 aliphatic carbocycles. The lowest BCUT2D eigenvalue weighted by atomic mass is 10.2. The molecule has 2 aromatic rings. The molecule has 15 heavy (non-hydrogen) atoms. The Morgan fingerprint density at radius 1 is 1.27 bits per heavy atom. The fraction of sp³-hybridized carbons (Fsp3) is 0.0909. The summed E-state index contributed by atoms with van der Waals surface area (Å²) in [4.78, 5) is 0. The average Bonchev–Trinajstić information content (AvgIpc) is 2.79. The third-order valence-corrected chi connectivity index (χ3v) is 3.57. The highest BCUT2D eigenvalue weighted by Crippen LogP contribution is 2.18. The van der Waals surface area contributed by atoms with Gasteiger partial charge in [0.25, 0.3) is 0 Å². The lowest BCUT2D eigenvalue weighted by Gasteiger charge is -1.91. The van der Waals surface area contributed by atoms with Crippen molar-refractivity contribution in [1.29, 1.82) is 0 Å². The molecule has 0 unspecified atom stereocenters. The van der Waals surface area contributed by atoms with Crippen molar-refractivity contribution in [2.45, 2.75) is 4.34 Å². The van der Waals surface area contributed by atoms with Crippen molar-refractivity contribution in [3.63, 3.8) is 0 Å². The predicted molar refractivity (Wildman–Crippen MR) is 66.1 cm³/mol. The topological polar surface area (TPSA) is 25.8 Å². The van der Waals surface area contributed by atoms with Gasteiger partial charge in [-0.3, -0.25) is 0 Å². The van der Waals surface area contributed by atoms with Gasteiger partial charge in [0.2, 0.25) is 0 Å². The van der Waals surface area contributed by atoms with E-state index in [1.54, 1.807) is 28.6 Å². The number of nitrogens with zero attached hydrogens (tertiary/aromatic N) is 2. The Bertz CT molecular complexity index is 409. The van der Waals surface area contributed by atoms with Crippen molar-refractivity contribution in [1.82, 2.24) is 10.2 Å². The van der Waals surface area contributed by atoms with Crippen LogP contribution in [0.3, 0.4) is 0 Å². The molecular formula is C11H10N2S2. The molecule has 0 saturated carbocycles. The molecule has 0 spiro atoms. The third kappa shape index (κ3) is 3.49. The molecule has 0 aliphatic heterocycles. The Hall–Kier alpha value is -1.13. The standard InChI is InChI=1S/C11H10N2S2/c1-2-5-10(6-3-1)7-4-8-14-11-13-12-9-15-11/h1-7,9H,8H2. The van der Waals surface area contributed by atoms with Gasteiger partial charge in [0.05, 0.1) is 0 Å². The highest BCUT2D eigenvalue weighted by Gasteiger charge is 1.93. The van der Waals surface area contributed by atoms with Crippen LogP contribution < -0.4 is 0 Å². The monoisotopic (exact) mass is 234 g/mol. The molecule has 4 heteroatoms. The average molecular weight is 234 g/mol. The molecular weight excluding hydrogens is 224 g/mol. The van der Waals surface area contributed by atoms with Gasteiger partial charge in [-0.1, -0.05) is 65.6 Å². The van der Waals surface area contributed by atoms with E-state index in [2.05, 4.69) is 34.5 Å². The van der Waals surface area contributed by atoms with Crippen molar-refractivity contribution in [2.24, 2.45) is 0 Å².